The van der Waals surface area contributed by atoms with Crippen LogP contribution < -0.4 is 10.6 Å². The number of urea groups is 1. The molecule has 1 aliphatic rings. The van der Waals surface area contributed by atoms with Crippen LogP contribution in [0.1, 0.15) is 59.8 Å². The molecule has 4 nitrogen and oxygen atoms in total. The third kappa shape index (κ3) is 6.12. The molecule has 2 amide bonds. The first-order chi connectivity index (χ1) is 9.33. The Morgan fingerprint density at radius 3 is 2.30 bits per heavy atom. The zero-order chi connectivity index (χ0) is 15.2. The van der Waals surface area contributed by atoms with E-state index in [1.807, 2.05) is 6.92 Å². The van der Waals surface area contributed by atoms with E-state index in [4.69, 9.17) is 0 Å². The van der Waals surface area contributed by atoms with Gasteiger partial charge in [0.05, 0.1) is 6.10 Å². The molecule has 0 spiro atoms. The average molecular weight is 284 g/mol. The summed E-state index contributed by atoms with van der Waals surface area (Å²) in [6.45, 7) is 9.73. The molecule has 20 heavy (non-hydrogen) atoms. The lowest BCUT2D eigenvalue weighted by Gasteiger charge is -2.43. The van der Waals surface area contributed by atoms with Gasteiger partial charge in [-0.3, -0.25) is 0 Å². The quantitative estimate of drug-likeness (QED) is 0.642. The second-order valence-electron chi connectivity index (χ2n) is 7.20. The summed E-state index contributed by atoms with van der Waals surface area (Å²) in [4.78, 5) is 11.8. The van der Waals surface area contributed by atoms with Gasteiger partial charge in [0.1, 0.15) is 0 Å². The first-order valence-corrected chi connectivity index (χ1v) is 8.03. The van der Waals surface area contributed by atoms with Crippen LogP contribution in [-0.2, 0) is 0 Å². The van der Waals surface area contributed by atoms with Crippen LogP contribution in [0.2, 0.25) is 0 Å². The van der Waals surface area contributed by atoms with Crippen molar-refractivity contribution in [2.75, 3.05) is 13.1 Å². The van der Waals surface area contributed by atoms with E-state index in [2.05, 4.69) is 24.5 Å². The van der Waals surface area contributed by atoms with Crippen LogP contribution in [0.25, 0.3) is 0 Å². The summed E-state index contributed by atoms with van der Waals surface area (Å²) >= 11 is 0. The van der Waals surface area contributed by atoms with Gasteiger partial charge in [0.2, 0.25) is 0 Å². The number of aliphatic hydroxyl groups excluding tert-OH is 1. The van der Waals surface area contributed by atoms with Gasteiger partial charge in [-0.15, -0.1) is 0 Å². The van der Waals surface area contributed by atoms with E-state index < -0.39 is 0 Å². The fourth-order valence-corrected chi connectivity index (χ4v) is 3.26. The summed E-state index contributed by atoms with van der Waals surface area (Å²) in [6.07, 6.45) is 5.39. The normalized spacial score (nSPS) is 20.1. The lowest BCUT2D eigenvalue weighted by atomic mass is 9.64. The molecule has 1 fully saturated rings. The third-order valence-electron chi connectivity index (χ3n) is 4.23. The largest absolute Gasteiger partial charge is 0.393 e. The molecule has 0 saturated heterocycles. The first kappa shape index (κ1) is 17.3. The van der Waals surface area contributed by atoms with E-state index in [0.717, 1.165) is 13.0 Å². The van der Waals surface area contributed by atoms with E-state index >= 15 is 0 Å². The Balaban J connectivity index is 2.22. The van der Waals surface area contributed by atoms with Crippen molar-refractivity contribution in [2.45, 2.75) is 65.9 Å². The maximum atomic E-state index is 11.8. The number of carbonyl (C=O) groups excluding carboxylic acids is 1. The number of aliphatic hydroxyl groups is 1. The maximum absolute atomic E-state index is 11.8. The number of hydrogen-bond donors (Lipinski definition) is 3. The predicted molar refractivity (Wildman–Crippen MR) is 82.6 cm³/mol. The highest BCUT2D eigenvalue weighted by atomic mass is 16.3. The lowest BCUT2D eigenvalue weighted by Crippen LogP contribution is -2.47. The Bertz CT molecular complexity index is 299. The number of nitrogens with one attached hydrogen (secondary N) is 2. The monoisotopic (exact) mass is 284 g/mol. The van der Waals surface area contributed by atoms with Gasteiger partial charge >= 0.3 is 6.03 Å². The first-order valence-electron chi connectivity index (χ1n) is 8.03. The molecule has 4 heteroatoms. The molecular formula is C16H32N2O2. The molecule has 2 atom stereocenters. The highest BCUT2D eigenvalue weighted by Gasteiger charge is 2.37. The van der Waals surface area contributed by atoms with Crippen molar-refractivity contribution >= 4 is 6.03 Å². The van der Waals surface area contributed by atoms with E-state index in [1.165, 1.54) is 25.7 Å². The Kier molecular flexibility index (Phi) is 6.80. The molecule has 0 aliphatic heterocycles. The number of rotatable bonds is 8. The second-order valence-corrected chi connectivity index (χ2v) is 7.20. The Morgan fingerprint density at radius 1 is 1.20 bits per heavy atom. The Hall–Kier alpha value is -0.770. The lowest BCUT2D eigenvalue weighted by molar-refractivity contribution is 0.101. The molecule has 3 N–H and O–H groups in total. The molecule has 1 saturated carbocycles. The molecule has 0 aromatic carbocycles. The fourth-order valence-electron chi connectivity index (χ4n) is 3.26. The summed E-state index contributed by atoms with van der Waals surface area (Å²) in [5.74, 6) is 0.986. The van der Waals surface area contributed by atoms with Crippen LogP contribution in [0.3, 0.4) is 0 Å². The molecule has 0 heterocycles. The van der Waals surface area contributed by atoms with Crippen LogP contribution in [0, 0.1) is 17.3 Å². The van der Waals surface area contributed by atoms with Crippen LogP contribution in [0.5, 0.6) is 0 Å². The number of carbonyl (C=O) groups is 1. The minimum Gasteiger partial charge on any atom is -0.393 e. The van der Waals surface area contributed by atoms with Gasteiger partial charge in [-0.1, -0.05) is 27.2 Å². The SMILES string of the molecule is CC(C)CC1(CNC(=O)NCC(C)CC(C)O)CCC1. The van der Waals surface area contributed by atoms with Crippen molar-refractivity contribution in [1.82, 2.24) is 10.6 Å². The van der Waals surface area contributed by atoms with Crippen molar-refractivity contribution in [3.63, 3.8) is 0 Å². The van der Waals surface area contributed by atoms with Gasteiger partial charge in [-0.2, -0.15) is 0 Å². The summed E-state index contributed by atoms with van der Waals surface area (Å²) in [6, 6.07) is -0.0718. The number of amides is 2. The predicted octanol–water partition coefficient (Wildman–Crippen LogP) is 2.91. The van der Waals surface area contributed by atoms with Crippen LogP contribution >= 0.6 is 0 Å². The molecule has 0 radical (unpaired) electrons. The fraction of sp³-hybridized carbons (Fsp3) is 0.938. The molecule has 0 aromatic rings. The topological polar surface area (TPSA) is 61.4 Å². The smallest absolute Gasteiger partial charge is 0.314 e. The van der Waals surface area contributed by atoms with Crippen molar-refractivity contribution in [1.29, 1.82) is 0 Å². The summed E-state index contributed by atoms with van der Waals surface area (Å²) in [7, 11) is 0. The molecule has 0 aromatic heterocycles. The van der Waals surface area contributed by atoms with Gasteiger partial charge in [0, 0.05) is 13.1 Å². The minimum atomic E-state index is -0.306. The Labute approximate surface area is 123 Å². The zero-order valence-electron chi connectivity index (χ0n) is 13.5. The third-order valence-corrected chi connectivity index (χ3v) is 4.23. The van der Waals surface area contributed by atoms with E-state index in [0.29, 0.717) is 23.8 Å². The molecule has 2 unspecified atom stereocenters. The van der Waals surface area contributed by atoms with Crippen molar-refractivity contribution in [2.24, 2.45) is 17.3 Å². The highest BCUT2D eigenvalue weighted by Crippen LogP contribution is 2.45. The van der Waals surface area contributed by atoms with Crippen LogP contribution in [0.15, 0.2) is 0 Å². The van der Waals surface area contributed by atoms with E-state index in [1.54, 1.807) is 6.92 Å². The van der Waals surface area contributed by atoms with Gasteiger partial charge < -0.3 is 15.7 Å². The van der Waals surface area contributed by atoms with Crippen molar-refractivity contribution in [3.05, 3.63) is 0 Å². The van der Waals surface area contributed by atoms with Crippen molar-refractivity contribution < 1.29 is 9.90 Å². The number of hydrogen-bond acceptors (Lipinski definition) is 2. The molecule has 0 bridgehead atoms. The van der Waals surface area contributed by atoms with Crippen LogP contribution in [0.4, 0.5) is 4.79 Å². The van der Waals surface area contributed by atoms with Gasteiger partial charge in [-0.05, 0) is 49.9 Å². The molecular weight excluding hydrogens is 252 g/mol. The van der Waals surface area contributed by atoms with E-state index in [-0.39, 0.29) is 12.1 Å². The van der Waals surface area contributed by atoms with E-state index in [9.17, 15) is 9.90 Å². The average Bonchev–Trinajstić information content (AvgIpc) is 2.28. The highest BCUT2D eigenvalue weighted by molar-refractivity contribution is 5.73. The van der Waals surface area contributed by atoms with Crippen LogP contribution in [-0.4, -0.2) is 30.3 Å². The maximum Gasteiger partial charge on any atom is 0.314 e. The summed E-state index contributed by atoms with van der Waals surface area (Å²) in [5, 5.41) is 15.2. The molecule has 1 rings (SSSR count). The van der Waals surface area contributed by atoms with Crippen molar-refractivity contribution in [3.8, 4) is 0 Å². The van der Waals surface area contributed by atoms with Gasteiger partial charge in [0.15, 0.2) is 0 Å². The van der Waals surface area contributed by atoms with Gasteiger partial charge in [0.25, 0.3) is 0 Å². The zero-order valence-corrected chi connectivity index (χ0v) is 13.5. The molecule has 118 valence electrons. The Morgan fingerprint density at radius 2 is 1.85 bits per heavy atom. The second kappa shape index (κ2) is 7.87. The van der Waals surface area contributed by atoms with Gasteiger partial charge in [-0.25, -0.2) is 4.79 Å². The summed E-state index contributed by atoms with van der Waals surface area (Å²) in [5.41, 5.74) is 0.344. The summed E-state index contributed by atoms with van der Waals surface area (Å²) < 4.78 is 0. The minimum absolute atomic E-state index is 0.0718. The molecule has 1 aliphatic carbocycles. The standard InChI is InChI=1S/C16H32N2O2/c1-12(2)9-16(6-5-7-16)11-18-15(20)17-10-13(3)8-14(4)19/h12-14,19H,5-11H2,1-4H3,(H2,17,18,20).